The highest BCUT2D eigenvalue weighted by Gasteiger charge is 2.36. The van der Waals surface area contributed by atoms with Crippen LogP contribution in [-0.4, -0.2) is 54.3 Å². The summed E-state index contributed by atoms with van der Waals surface area (Å²) in [6.07, 6.45) is -1.45. The molecule has 0 aliphatic carbocycles. The first kappa shape index (κ1) is 29.3. The van der Waals surface area contributed by atoms with E-state index in [2.05, 4.69) is 10.6 Å². The van der Waals surface area contributed by atoms with Crippen LogP contribution in [-0.2, 0) is 6.42 Å². The standard InChI is InChI=1S/C28H33F4N3O3/c1-18(36)22-14-23(19(2)37)16-25(15-22)34-27(38)33-10-3-4-26-13-21(9-11-35(26)17-28(30,31)32)12-20-5-7-24(29)8-6-20/h5-8,14-16,21,26H,3-4,9-13,17H2,1-2H3,(H2,33,34,38)/t21?,26-/m0/s1. The minimum Gasteiger partial charge on any atom is -0.338 e. The van der Waals surface area contributed by atoms with Gasteiger partial charge in [0.2, 0.25) is 0 Å². The predicted octanol–water partition coefficient (Wildman–Crippen LogP) is 6.02. The number of benzene rings is 2. The largest absolute Gasteiger partial charge is 0.401 e. The predicted molar refractivity (Wildman–Crippen MR) is 137 cm³/mol. The van der Waals surface area contributed by atoms with Crippen molar-refractivity contribution >= 4 is 23.3 Å². The van der Waals surface area contributed by atoms with Crippen molar-refractivity contribution in [1.29, 1.82) is 0 Å². The second-order valence-electron chi connectivity index (χ2n) is 9.90. The number of ketones is 2. The number of hydrogen-bond donors (Lipinski definition) is 2. The molecule has 10 heteroatoms. The number of halogens is 4. The monoisotopic (exact) mass is 535 g/mol. The van der Waals surface area contributed by atoms with Crippen molar-refractivity contribution in [2.75, 3.05) is 25.0 Å². The van der Waals surface area contributed by atoms with Crippen molar-refractivity contribution in [3.05, 3.63) is 65.0 Å². The molecule has 0 aromatic heterocycles. The van der Waals surface area contributed by atoms with Gasteiger partial charge in [-0.05, 0) is 94.3 Å². The lowest BCUT2D eigenvalue weighted by Crippen LogP contribution is -2.47. The van der Waals surface area contributed by atoms with Gasteiger partial charge in [0.1, 0.15) is 5.82 Å². The lowest BCUT2D eigenvalue weighted by molar-refractivity contribution is -0.155. The van der Waals surface area contributed by atoms with Crippen molar-refractivity contribution in [3.63, 3.8) is 0 Å². The Morgan fingerprint density at radius 3 is 2.21 bits per heavy atom. The maximum atomic E-state index is 13.2. The maximum Gasteiger partial charge on any atom is 0.401 e. The molecule has 3 rings (SSSR count). The molecule has 0 saturated carbocycles. The number of urea groups is 1. The maximum absolute atomic E-state index is 13.2. The molecule has 1 fully saturated rings. The van der Waals surface area contributed by atoms with Gasteiger partial charge in [0.25, 0.3) is 0 Å². The Balaban J connectivity index is 1.54. The molecule has 1 heterocycles. The molecule has 0 radical (unpaired) electrons. The highest BCUT2D eigenvalue weighted by Crippen LogP contribution is 2.31. The van der Waals surface area contributed by atoms with Crippen LogP contribution in [0.15, 0.2) is 42.5 Å². The Kier molecular flexibility index (Phi) is 10.0. The minimum absolute atomic E-state index is 0.190. The Labute approximate surface area is 219 Å². The topological polar surface area (TPSA) is 78.5 Å². The van der Waals surface area contributed by atoms with Crippen LogP contribution in [0.25, 0.3) is 0 Å². The molecule has 1 unspecified atom stereocenters. The first-order valence-electron chi connectivity index (χ1n) is 12.7. The quantitative estimate of drug-likeness (QED) is 0.222. The number of carbonyl (C=O) groups excluding carboxylic acids is 3. The third-order valence-electron chi connectivity index (χ3n) is 6.77. The molecule has 1 saturated heterocycles. The van der Waals surface area contributed by atoms with Crippen LogP contribution >= 0.6 is 0 Å². The molecule has 0 spiro atoms. The van der Waals surface area contributed by atoms with E-state index in [1.54, 1.807) is 12.1 Å². The number of piperidine rings is 1. The van der Waals surface area contributed by atoms with E-state index in [0.717, 1.165) is 5.56 Å². The molecule has 1 aliphatic heterocycles. The van der Waals surface area contributed by atoms with Crippen LogP contribution in [0, 0.1) is 11.7 Å². The molecule has 38 heavy (non-hydrogen) atoms. The van der Waals surface area contributed by atoms with Gasteiger partial charge in [0, 0.05) is 29.4 Å². The molecule has 0 bridgehead atoms. The van der Waals surface area contributed by atoms with E-state index in [1.807, 2.05) is 0 Å². The Hall–Kier alpha value is -3.27. The fraction of sp³-hybridized carbons (Fsp3) is 0.464. The van der Waals surface area contributed by atoms with Crippen LogP contribution in [0.4, 0.5) is 28.0 Å². The molecule has 6 nitrogen and oxygen atoms in total. The van der Waals surface area contributed by atoms with Crippen LogP contribution in [0.3, 0.4) is 0 Å². The summed E-state index contributed by atoms with van der Waals surface area (Å²) in [5.74, 6) is -0.625. The number of amides is 2. The average molecular weight is 536 g/mol. The summed E-state index contributed by atoms with van der Waals surface area (Å²) in [5.41, 5.74) is 1.85. The number of Topliss-reactive ketones (excluding diaryl/α,β-unsaturated/α-hetero) is 2. The fourth-order valence-corrected chi connectivity index (χ4v) is 4.88. The first-order chi connectivity index (χ1) is 17.9. The number of alkyl halides is 3. The van der Waals surface area contributed by atoms with Gasteiger partial charge in [0.05, 0.1) is 6.54 Å². The smallest absolute Gasteiger partial charge is 0.338 e. The number of hydrogen-bond acceptors (Lipinski definition) is 4. The SMILES string of the molecule is CC(=O)c1cc(NC(=O)NCCC[C@H]2CC(Cc3ccc(F)cc3)CCN2CC(F)(F)F)cc(C(C)=O)c1. The number of nitrogens with one attached hydrogen (secondary N) is 2. The van der Waals surface area contributed by atoms with E-state index < -0.39 is 18.8 Å². The Morgan fingerprint density at radius 1 is 1.00 bits per heavy atom. The number of carbonyl (C=O) groups is 3. The number of rotatable bonds is 10. The summed E-state index contributed by atoms with van der Waals surface area (Å²) in [6, 6.07) is 9.80. The lowest BCUT2D eigenvalue weighted by Gasteiger charge is -2.40. The summed E-state index contributed by atoms with van der Waals surface area (Å²) >= 11 is 0. The van der Waals surface area contributed by atoms with E-state index in [0.29, 0.717) is 55.5 Å². The van der Waals surface area contributed by atoms with Crippen molar-refractivity contribution in [2.24, 2.45) is 5.92 Å². The van der Waals surface area contributed by atoms with Crippen molar-refractivity contribution in [2.45, 2.75) is 58.2 Å². The highest BCUT2D eigenvalue weighted by atomic mass is 19.4. The lowest BCUT2D eigenvalue weighted by atomic mass is 9.84. The second-order valence-corrected chi connectivity index (χ2v) is 9.90. The van der Waals surface area contributed by atoms with Crippen LogP contribution in [0.2, 0.25) is 0 Å². The van der Waals surface area contributed by atoms with Crippen LogP contribution in [0.5, 0.6) is 0 Å². The van der Waals surface area contributed by atoms with Gasteiger partial charge in [-0.25, -0.2) is 9.18 Å². The number of likely N-dealkylation sites (tertiary alicyclic amines) is 1. The number of anilines is 1. The molecule has 2 atom stereocenters. The van der Waals surface area contributed by atoms with E-state index in [1.165, 1.54) is 49.1 Å². The molecule has 2 N–H and O–H groups in total. The second kappa shape index (κ2) is 13.0. The highest BCUT2D eigenvalue weighted by molar-refractivity contribution is 6.02. The summed E-state index contributed by atoms with van der Waals surface area (Å²) in [5, 5.41) is 5.30. The van der Waals surface area contributed by atoms with Crippen molar-refractivity contribution in [1.82, 2.24) is 10.2 Å². The van der Waals surface area contributed by atoms with E-state index in [-0.39, 0.29) is 35.9 Å². The summed E-state index contributed by atoms with van der Waals surface area (Å²) < 4.78 is 52.7. The average Bonchev–Trinajstić information content (AvgIpc) is 2.83. The van der Waals surface area contributed by atoms with Crippen molar-refractivity contribution in [3.8, 4) is 0 Å². The zero-order valence-corrected chi connectivity index (χ0v) is 21.5. The molecule has 2 aromatic carbocycles. The third-order valence-corrected chi connectivity index (χ3v) is 6.77. The Bertz CT molecular complexity index is 1100. The first-order valence-corrected chi connectivity index (χ1v) is 12.7. The normalized spacial score (nSPS) is 18.2. The van der Waals surface area contributed by atoms with Crippen LogP contribution < -0.4 is 10.6 Å². The molecule has 2 amide bonds. The van der Waals surface area contributed by atoms with Gasteiger partial charge in [-0.1, -0.05) is 12.1 Å². The van der Waals surface area contributed by atoms with Gasteiger partial charge in [-0.15, -0.1) is 0 Å². The summed E-state index contributed by atoms with van der Waals surface area (Å²) in [6.45, 7) is 2.33. The van der Waals surface area contributed by atoms with E-state index in [4.69, 9.17) is 0 Å². The molecule has 206 valence electrons. The van der Waals surface area contributed by atoms with Gasteiger partial charge < -0.3 is 10.6 Å². The fourth-order valence-electron chi connectivity index (χ4n) is 4.88. The Morgan fingerprint density at radius 2 is 1.63 bits per heavy atom. The summed E-state index contributed by atoms with van der Waals surface area (Å²) in [7, 11) is 0. The van der Waals surface area contributed by atoms with E-state index in [9.17, 15) is 31.9 Å². The zero-order chi connectivity index (χ0) is 27.9. The van der Waals surface area contributed by atoms with Crippen molar-refractivity contribution < 1.29 is 31.9 Å². The van der Waals surface area contributed by atoms with Gasteiger partial charge in [-0.2, -0.15) is 13.2 Å². The van der Waals surface area contributed by atoms with Gasteiger partial charge in [0.15, 0.2) is 11.6 Å². The molecule has 2 aromatic rings. The third kappa shape index (κ3) is 9.24. The molecule has 1 aliphatic rings. The van der Waals surface area contributed by atoms with Gasteiger partial charge >= 0.3 is 12.2 Å². The molecular weight excluding hydrogens is 502 g/mol. The number of nitrogens with zero attached hydrogens (tertiary/aromatic N) is 1. The molecular formula is C28H33F4N3O3. The van der Waals surface area contributed by atoms with Gasteiger partial charge in [-0.3, -0.25) is 14.5 Å². The van der Waals surface area contributed by atoms with E-state index >= 15 is 0 Å². The minimum atomic E-state index is -4.30. The van der Waals surface area contributed by atoms with Crippen LogP contribution in [0.1, 0.15) is 65.8 Å². The summed E-state index contributed by atoms with van der Waals surface area (Å²) in [4.78, 5) is 37.3. The zero-order valence-electron chi connectivity index (χ0n) is 21.5.